The summed E-state index contributed by atoms with van der Waals surface area (Å²) in [4.78, 5) is 6.67. The van der Waals surface area contributed by atoms with E-state index in [-0.39, 0.29) is 6.04 Å². The number of nitrogens with zero attached hydrogens (tertiary/aromatic N) is 2. The molecule has 2 atom stereocenters. The highest BCUT2D eigenvalue weighted by molar-refractivity contribution is 5.82. The maximum atomic E-state index is 9.84. The summed E-state index contributed by atoms with van der Waals surface area (Å²) in [6.45, 7) is 2.64. The second-order valence-electron chi connectivity index (χ2n) is 5.77. The monoisotopic (exact) mass is 299 g/mol. The smallest absolute Gasteiger partial charge is 0.123 e. The van der Waals surface area contributed by atoms with Crippen LogP contribution in [0.4, 0.5) is 5.69 Å². The summed E-state index contributed by atoms with van der Waals surface area (Å²) in [5.41, 5.74) is 8.98. The summed E-state index contributed by atoms with van der Waals surface area (Å²) in [5, 5.41) is 9.84. The van der Waals surface area contributed by atoms with Gasteiger partial charge in [0.25, 0.3) is 0 Å². The topological polar surface area (TPSA) is 75.0 Å². The molecule has 5 nitrogen and oxygen atoms in total. The van der Waals surface area contributed by atoms with Gasteiger partial charge in [-0.3, -0.25) is 0 Å². The molecule has 0 bridgehead atoms. The zero-order valence-electron chi connectivity index (χ0n) is 12.9. The van der Waals surface area contributed by atoms with Gasteiger partial charge in [-0.15, -0.1) is 0 Å². The number of hydrogen-bond donors (Lipinski definition) is 2. The summed E-state index contributed by atoms with van der Waals surface area (Å²) < 4.78 is 5.35. The molecule has 0 unspecified atom stereocenters. The molecular formula is C17H21N3O2. The number of aliphatic hydroxyl groups excluding tert-OH is 1. The molecule has 1 aliphatic rings. The molecule has 0 aliphatic heterocycles. The van der Waals surface area contributed by atoms with E-state index in [1.54, 1.807) is 6.26 Å². The van der Waals surface area contributed by atoms with E-state index in [2.05, 4.69) is 4.99 Å². The Balaban J connectivity index is 1.77. The van der Waals surface area contributed by atoms with Crippen LogP contribution in [0.15, 0.2) is 46.0 Å². The van der Waals surface area contributed by atoms with E-state index in [1.165, 1.54) is 0 Å². The standard InChI is InChI=1S/C17H21N3O2/c1-11(20(2)10-14-4-3-7-22-14)19-13-6-5-12-8-16(21)17(18)15(12)9-13/h3-7,9,16-17,21H,8,10,18H2,1-2H3/t16-,17-/m1/s1. The number of rotatable bonds is 3. The van der Waals surface area contributed by atoms with Crippen molar-refractivity contribution in [1.82, 2.24) is 4.90 Å². The second kappa shape index (κ2) is 5.94. The van der Waals surface area contributed by atoms with Crippen molar-refractivity contribution in [3.8, 4) is 0 Å². The van der Waals surface area contributed by atoms with E-state index < -0.39 is 6.10 Å². The molecule has 116 valence electrons. The van der Waals surface area contributed by atoms with Gasteiger partial charge in [0.05, 0.1) is 30.6 Å². The molecule has 0 radical (unpaired) electrons. The lowest BCUT2D eigenvalue weighted by Gasteiger charge is -2.17. The van der Waals surface area contributed by atoms with Crippen LogP contribution in [0.1, 0.15) is 29.9 Å². The highest BCUT2D eigenvalue weighted by atomic mass is 16.3. The van der Waals surface area contributed by atoms with Crippen LogP contribution >= 0.6 is 0 Å². The van der Waals surface area contributed by atoms with Crippen LogP contribution in [0.25, 0.3) is 0 Å². The molecule has 3 rings (SSSR count). The van der Waals surface area contributed by atoms with Crippen molar-refractivity contribution in [3.63, 3.8) is 0 Å². The molecule has 1 aliphatic carbocycles. The Morgan fingerprint density at radius 3 is 3.00 bits per heavy atom. The zero-order valence-corrected chi connectivity index (χ0v) is 12.9. The Hall–Kier alpha value is -2.11. The number of benzene rings is 1. The van der Waals surface area contributed by atoms with Gasteiger partial charge in [0.15, 0.2) is 0 Å². The SMILES string of the molecule is CC(=Nc1ccc2c(c1)[C@@H](N)[C@H](O)C2)N(C)Cc1ccco1. The second-order valence-corrected chi connectivity index (χ2v) is 5.77. The maximum absolute atomic E-state index is 9.84. The predicted molar refractivity (Wildman–Crippen MR) is 86.0 cm³/mol. The van der Waals surface area contributed by atoms with Gasteiger partial charge in [-0.05, 0) is 42.3 Å². The number of aliphatic imine (C=N–C) groups is 1. The quantitative estimate of drug-likeness (QED) is 0.674. The minimum atomic E-state index is -0.489. The third-order valence-corrected chi connectivity index (χ3v) is 4.15. The third-order valence-electron chi connectivity index (χ3n) is 4.15. The lowest BCUT2D eigenvalue weighted by atomic mass is 10.1. The first-order valence-corrected chi connectivity index (χ1v) is 7.40. The molecule has 5 heteroatoms. The highest BCUT2D eigenvalue weighted by Crippen LogP contribution is 2.32. The fraction of sp³-hybridized carbons (Fsp3) is 0.353. The van der Waals surface area contributed by atoms with Crippen molar-refractivity contribution >= 4 is 11.5 Å². The van der Waals surface area contributed by atoms with Crippen LogP contribution < -0.4 is 5.73 Å². The van der Waals surface area contributed by atoms with E-state index in [1.807, 2.05) is 49.2 Å². The fourth-order valence-electron chi connectivity index (χ4n) is 2.73. The first kappa shape index (κ1) is 14.8. The summed E-state index contributed by atoms with van der Waals surface area (Å²) in [6.07, 6.45) is 1.80. The molecule has 1 aromatic carbocycles. The first-order chi connectivity index (χ1) is 10.5. The molecule has 0 saturated carbocycles. The van der Waals surface area contributed by atoms with Gasteiger partial charge in [-0.1, -0.05) is 6.07 Å². The molecule has 0 spiro atoms. The molecule has 2 aromatic rings. The molecule has 3 N–H and O–H groups in total. The molecule has 1 heterocycles. The average molecular weight is 299 g/mol. The number of aliphatic hydroxyl groups is 1. The Labute approximate surface area is 130 Å². The fourth-order valence-corrected chi connectivity index (χ4v) is 2.73. The van der Waals surface area contributed by atoms with Crippen LogP contribution in [-0.4, -0.2) is 29.0 Å². The van der Waals surface area contributed by atoms with Crippen LogP contribution in [0, 0.1) is 0 Å². The summed E-state index contributed by atoms with van der Waals surface area (Å²) in [5.74, 6) is 1.79. The Bertz CT molecular complexity index is 679. The lowest BCUT2D eigenvalue weighted by Crippen LogP contribution is -2.23. The number of amidine groups is 1. The predicted octanol–water partition coefficient (Wildman–Crippen LogP) is 2.38. The number of furan rings is 1. The van der Waals surface area contributed by atoms with Crippen LogP contribution in [0.3, 0.4) is 0 Å². The van der Waals surface area contributed by atoms with E-state index in [4.69, 9.17) is 10.2 Å². The normalized spacial score (nSPS) is 21.0. The maximum Gasteiger partial charge on any atom is 0.123 e. The number of fused-ring (bicyclic) bond motifs is 1. The van der Waals surface area contributed by atoms with Crippen LogP contribution in [0.2, 0.25) is 0 Å². The van der Waals surface area contributed by atoms with Gasteiger partial charge in [0.2, 0.25) is 0 Å². The van der Waals surface area contributed by atoms with E-state index in [9.17, 15) is 5.11 Å². The molecule has 0 amide bonds. The third kappa shape index (κ3) is 2.91. The minimum Gasteiger partial charge on any atom is -0.467 e. The molecule has 0 saturated heterocycles. The zero-order chi connectivity index (χ0) is 15.7. The largest absolute Gasteiger partial charge is 0.467 e. The Morgan fingerprint density at radius 2 is 2.27 bits per heavy atom. The van der Waals surface area contributed by atoms with Crippen LogP contribution in [0.5, 0.6) is 0 Å². The lowest BCUT2D eigenvalue weighted by molar-refractivity contribution is 0.158. The van der Waals surface area contributed by atoms with Crippen molar-refractivity contribution in [2.45, 2.75) is 32.0 Å². The molecule has 22 heavy (non-hydrogen) atoms. The van der Waals surface area contributed by atoms with Gasteiger partial charge in [0.1, 0.15) is 11.6 Å². The van der Waals surface area contributed by atoms with E-state index in [0.29, 0.717) is 13.0 Å². The van der Waals surface area contributed by atoms with E-state index in [0.717, 1.165) is 28.4 Å². The summed E-state index contributed by atoms with van der Waals surface area (Å²) in [6, 6.07) is 9.45. The van der Waals surface area contributed by atoms with Gasteiger partial charge in [0, 0.05) is 13.5 Å². The summed E-state index contributed by atoms with van der Waals surface area (Å²) >= 11 is 0. The van der Waals surface area contributed by atoms with Gasteiger partial charge >= 0.3 is 0 Å². The number of hydrogen-bond acceptors (Lipinski definition) is 4. The van der Waals surface area contributed by atoms with Gasteiger partial charge < -0.3 is 20.2 Å². The number of nitrogens with two attached hydrogens (primary N) is 1. The van der Waals surface area contributed by atoms with Crippen molar-refractivity contribution < 1.29 is 9.52 Å². The molecular weight excluding hydrogens is 278 g/mol. The van der Waals surface area contributed by atoms with Crippen molar-refractivity contribution in [3.05, 3.63) is 53.5 Å². The van der Waals surface area contributed by atoms with Crippen molar-refractivity contribution in [2.75, 3.05) is 7.05 Å². The Morgan fingerprint density at radius 1 is 1.45 bits per heavy atom. The molecule has 0 fully saturated rings. The minimum absolute atomic E-state index is 0.314. The highest BCUT2D eigenvalue weighted by Gasteiger charge is 2.27. The van der Waals surface area contributed by atoms with Crippen molar-refractivity contribution in [1.29, 1.82) is 0 Å². The Kier molecular flexibility index (Phi) is 4.00. The summed E-state index contributed by atoms with van der Waals surface area (Å²) in [7, 11) is 1.98. The van der Waals surface area contributed by atoms with Gasteiger partial charge in [-0.25, -0.2) is 4.99 Å². The van der Waals surface area contributed by atoms with E-state index >= 15 is 0 Å². The van der Waals surface area contributed by atoms with Gasteiger partial charge in [-0.2, -0.15) is 0 Å². The van der Waals surface area contributed by atoms with Crippen LogP contribution in [-0.2, 0) is 13.0 Å². The van der Waals surface area contributed by atoms with Crippen molar-refractivity contribution in [2.24, 2.45) is 10.7 Å². The molecule has 1 aromatic heterocycles. The average Bonchev–Trinajstić information content (AvgIpc) is 3.09. The first-order valence-electron chi connectivity index (χ1n) is 7.40.